The number of hydrogen-bond donors (Lipinski definition) is 1. The average molecular weight is 357 g/mol. The Hall–Kier alpha value is -1.19. The van der Waals surface area contributed by atoms with Crippen LogP contribution in [0.2, 0.25) is 0 Å². The second-order valence-corrected chi connectivity index (χ2v) is 8.31. The number of hydroxylamine groups is 2. The van der Waals surface area contributed by atoms with Crippen molar-refractivity contribution in [2.75, 3.05) is 13.7 Å². The molecular formula is C15H23N3O5S. The molecule has 134 valence electrons. The molecule has 1 N–H and O–H groups in total. The van der Waals surface area contributed by atoms with Crippen LogP contribution in [0.3, 0.4) is 0 Å². The van der Waals surface area contributed by atoms with Gasteiger partial charge in [-0.1, -0.05) is 6.42 Å². The third kappa shape index (κ3) is 2.62. The van der Waals surface area contributed by atoms with E-state index >= 15 is 0 Å². The van der Waals surface area contributed by atoms with Crippen molar-refractivity contribution < 1.29 is 22.3 Å². The fourth-order valence-electron chi connectivity index (χ4n) is 4.57. The minimum atomic E-state index is -2.00. The first kappa shape index (κ1) is 16.3. The quantitative estimate of drug-likeness (QED) is 0.788. The van der Waals surface area contributed by atoms with Crippen molar-refractivity contribution in [1.82, 2.24) is 15.3 Å². The summed E-state index contributed by atoms with van der Waals surface area (Å²) in [6.07, 6.45) is 7.28. The van der Waals surface area contributed by atoms with Crippen LogP contribution in [-0.2, 0) is 24.6 Å². The summed E-state index contributed by atoms with van der Waals surface area (Å²) >= 11 is -2.00. The van der Waals surface area contributed by atoms with Gasteiger partial charge in [0.2, 0.25) is 5.91 Å². The monoisotopic (exact) mass is 357 g/mol. The Labute approximate surface area is 143 Å². The molecule has 2 aliphatic carbocycles. The lowest BCUT2D eigenvalue weighted by atomic mass is 9.54. The highest BCUT2D eigenvalue weighted by Gasteiger charge is 2.51. The molecule has 4 rings (SSSR count). The van der Waals surface area contributed by atoms with Crippen LogP contribution in [0.15, 0.2) is 0 Å². The number of fused-ring (bicyclic) bond motifs is 2. The van der Waals surface area contributed by atoms with E-state index in [0.29, 0.717) is 24.8 Å². The van der Waals surface area contributed by atoms with Gasteiger partial charge in [0.25, 0.3) is 0 Å². The molecule has 2 saturated carbocycles. The first-order valence-electron chi connectivity index (χ1n) is 8.56. The lowest BCUT2D eigenvalue weighted by molar-refractivity contribution is -0.129. The van der Waals surface area contributed by atoms with E-state index in [2.05, 4.69) is 9.50 Å². The standard InChI is InChI=1S/C15H23N3O5S/c1-22-24(21)23-18-11-3-4-12(17(9-11)14(18)20)13(19)16-10-7-15(8-10)5-2-6-15/h10-12H,2-9H2,1H3,(H,16,19). The Kier molecular flexibility index (Phi) is 4.04. The fraction of sp³-hybridized carbons (Fsp3) is 0.867. The largest absolute Gasteiger partial charge is 0.352 e. The summed E-state index contributed by atoms with van der Waals surface area (Å²) in [5.41, 5.74) is 0.508. The molecule has 3 atom stereocenters. The third-order valence-electron chi connectivity index (χ3n) is 6.02. The molecule has 0 aromatic heterocycles. The Morgan fingerprint density at radius 1 is 1.33 bits per heavy atom. The van der Waals surface area contributed by atoms with Gasteiger partial charge < -0.3 is 10.2 Å². The molecule has 2 saturated heterocycles. The Bertz CT molecular complexity index is 573. The summed E-state index contributed by atoms with van der Waals surface area (Å²) in [5, 5.41) is 4.20. The van der Waals surface area contributed by atoms with Gasteiger partial charge in [0.15, 0.2) is 0 Å². The van der Waals surface area contributed by atoms with Gasteiger partial charge in [-0.05, 0) is 43.9 Å². The summed E-state index contributed by atoms with van der Waals surface area (Å²) in [4.78, 5) is 26.5. The van der Waals surface area contributed by atoms with Crippen molar-refractivity contribution in [1.29, 1.82) is 0 Å². The molecule has 0 aromatic rings. The number of carbonyl (C=O) groups is 2. The lowest BCUT2D eigenvalue weighted by Gasteiger charge is -2.54. The zero-order valence-corrected chi connectivity index (χ0v) is 14.5. The van der Waals surface area contributed by atoms with Crippen molar-refractivity contribution in [3.8, 4) is 0 Å². The predicted molar refractivity (Wildman–Crippen MR) is 84.4 cm³/mol. The molecule has 9 heteroatoms. The Morgan fingerprint density at radius 3 is 2.71 bits per heavy atom. The maximum atomic E-state index is 12.6. The highest BCUT2D eigenvalue weighted by atomic mass is 32.2. The molecule has 2 aliphatic heterocycles. The summed E-state index contributed by atoms with van der Waals surface area (Å²) in [5.74, 6) is -0.0734. The third-order valence-corrected chi connectivity index (χ3v) is 6.58. The van der Waals surface area contributed by atoms with Gasteiger partial charge in [0.05, 0.1) is 13.2 Å². The van der Waals surface area contributed by atoms with Crippen molar-refractivity contribution in [3.05, 3.63) is 0 Å². The van der Waals surface area contributed by atoms with Crippen LogP contribution in [0.1, 0.15) is 44.9 Å². The van der Waals surface area contributed by atoms with Crippen molar-refractivity contribution in [3.63, 3.8) is 0 Å². The molecule has 2 heterocycles. The van der Waals surface area contributed by atoms with E-state index in [-0.39, 0.29) is 18.0 Å². The fourth-order valence-corrected chi connectivity index (χ4v) is 4.95. The molecule has 4 aliphatic rings. The van der Waals surface area contributed by atoms with Crippen LogP contribution in [0.5, 0.6) is 0 Å². The summed E-state index contributed by atoms with van der Waals surface area (Å²) in [6, 6.07) is -0.799. The predicted octanol–water partition coefficient (Wildman–Crippen LogP) is 0.861. The molecule has 1 spiro atoms. The second-order valence-electron chi connectivity index (χ2n) is 7.42. The molecule has 8 nitrogen and oxygen atoms in total. The molecule has 24 heavy (non-hydrogen) atoms. The molecule has 3 amide bonds. The van der Waals surface area contributed by atoms with Gasteiger partial charge in [0, 0.05) is 12.6 Å². The van der Waals surface area contributed by atoms with E-state index < -0.39 is 23.4 Å². The van der Waals surface area contributed by atoms with Gasteiger partial charge in [-0.15, -0.1) is 4.28 Å². The molecule has 2 bridgehead atoms. The first-order chi connectivity index (χ1) is 11.5. The molecule has 3 unspecified atom stereocenters. The lowest BCUT2D eigenvalue weighted by Crippen LogP contribution is -2.58. The highest BCUT2D eigenvalue weighted by Crippen LogP contribution is 2.55. The van der Waals surface area contributed by atoms with Crippen LogP contribution in [0.25, 0.3) is 0 Å². The number of amides is 3. The number of carbonyl (C=O) groups excluding carboxylic acids is 2. The van der Waals surface area contributed by atoms with Gasteiger partial charge in [-0.3, -0.25) is 8.98 Å². The summed E-state index contributed by atoms with van der Waals surface area (Å²) in [6.45, 7) is 0.423. The van der Waals surface area contributed by atoms with E-state index in [1.165, 1.54) is 31.3 Å². The first-order valence-corrected chi connectivity index (χ1v) is 9.56. The number of urea groups is 1. The normalized spacial score (nSPS) is 32.5. The highest BCUT2D eigenvalue weighted by molar-refractivity contribution is 7.75. The Morgan fingerprint density at radius 2 is 2.08 bits per heavy atom. The SMILES string of the molecule is COS(=O)ON1C(=O)N2CC1CCC2C(=O)NC1CC2(CCC2)C1. The van der Waals surface area contributed by atoms with Crippen molar-refractivity contribution in [2.45, 2.75) is 63.1 Å². The van der Waals surface area contributed by atoms with Crippen LogP contribution < -0.4 is 5.32 Å². The van der Waals surface area contributed by atoms with Crippen LogP contribution in [0, 0.1) is 5.41 Å². The van der Waals surface area contributed by atoms with Gasteiger partial charge in [-0.2, -0.15) is 9.27 Å². The van der Waals surface area contributed by atoms with Gasteiger partial charge in [0.1, 0.15) is 6.04 Å². The minimum Gasteiger partial charge on any atom is -0.352 e. The smallest absolute Gasteiger partial charge is 0.346 e. The van der Waals surface area contributed by atoms with Crippen LogP contribution in [0.4, 0.5) is 4.79 Å². The number of rotatable bonds is 5. The Balaban J connectivity index is 1.34. The van der Waals surface area contributed by atoms with E-state index in [9.17, 15) is 13.8 Å². The van der Waals surface area contributed by atoms with E-state index in [1.54, 1.807) is 0 Å². The summed E-state index contributed by atoms with van der Waals surface area (Å²) in [7, 11) is 1.24. The van der Waals surface area contributed by atoms with E-state index in [0.717, 1.165) is 17.9 Å². The van der Waals surface area contributed by atoms with Crippen LogP contribution >= 0.6 is 0 Å². The minimum absolute atomic E-state index is 0.0734. The van der Waals surface area contributed by atoms with E-state index in [1.807, 2.05) is 0 Å². The molecule has 4 fully saturated rings. The zero-order chi connectivity index (χ0) is 16.9. The van der Waals surface area contributed by atoms with E-state index in [4.69, 9.17) is 4.28 Å². The summed E-state index contributed by atoms with van der Waals surface area (Å²) < 4.78 is 21.0. The maximum Gasteiger partial charge on any atom is 0.346 e. The number of nitrogens with zero attached hydrogens (tertiary/aromatic N) is 2. The molecule has 0 aromatic carbocycles. The maximum absolute atomic E-state index is 12.6. The van der Waals surface area contributed by atoms with Crippen molar-refractivity contribution in [2.24, 2.45) is 5.41 Å². The molecule has 0 radical (unpaired) electrons. The average Bonchev–Trinajstić information content (AvgIpc) is 2.73. The second kappa shape index (κ2) is 5.96. The number of piperidine rings is 1. The van der Waals surface area contributed by atoms with Gasteiger partial charge in [-0.25, -0.2) is 4.79 Å². The van der Waals surface area contributed by atoms with Crippen LogP contribution in [-0.4, -0.2) is 57.9 Å². The number of nitrogens with one attached hydrogen (secondary N) is 1. The topological polar surface area (TPSA) is 88.2 Å². The van der Waals surface area contributed by atoms with Gasteiger partial charge >= 0.3 is 17.4 Å². The zero-order valence-electron chi connectivity index (χ0n) is 13.7. The molecular weight excluding hydrogens is 334 g/mol. The number of hydrogen-bond acceptors (Lipinski definition) is 5. The van der Waals surface area contributed by atoms with Crippen molar-refractivity contribution >= 4 is 23.3 Å².